The fraction of sp³-hybridized carbons (Fsp3) is 0.667. The lowest BCUT2D eigenvalue weighted by atomic mass is 10.0. The summed E-state index contributed by atoms with van der Waals surface area (Å²) in [6, 6.07) is 5.73. The van der Waals surface area contributed by atoms with Crippen LogP contribution in [-0.2, 0) is 11.3 Å². The lowest BCUT2D eigenvalue weighted by Crippen LogP contribution is -2.30. The number of hydrogen-bond donors (Lipinski definition) is 1. The van der Waals surface area contributed by atoms with Crippen molar-refractivity contribution in [3.8, 4) is 11.5 Å². The Hall–Kier alpha value is -2.11. The van der Waals surface area contributed by atoms with Crippen molar-refractivity contribution in [2.45, 2.75) is 84.0 Å². The molecule has 0 fully saturated rings. The average molecular weight is 571 g/mol. The van der Waals surface area contributed by atoms with Crippen LogP contribution in [0.2, 0.25) is 0 Å². The molecule has 2 rings (SSSR count). The number of carbonyl (C=O) groups is 2. The van der Waals surface area contributed by atoms with Crippen LogP contribution in [0.1, 0.15) is 72.8 Å². The third-order valence-corrected chi connectivity index (χ3v) is 7.65. The number of benzene rings is 1. The second-order valence-corrected chi connectivity index (χ2v) is 12.7. The molecule has 9 nitrogen and oxygen atoms in total. The third-order valence-electron chi connectivity index (χ3n) is 5.50. The molecule has 0 atom stereocenters. The summed E-state index contributed by atoms with van der Waals surface area (Å²) in [4.78, 5) is 27.5. The zero-order valence-corrected chi connectivity index (χ0v) is 26.1. The standard InChI is InChI=1S/C20H32N2O3S.C7H14N2O2S/c1-6-8-13-22(14-9-7-2)26-21(5)19(23)24-17-12-10-11-16-15-20(3,4)25-18(16)17;1-7(2,12-4)5-9-11-6(10)8-3/h10-12H,6-9,13-15H2,1-5H3;5H,1-4H3,(H,8,10)/b;9-5+. The summed E-state index contributed by atoms with van der Waals surface area (Å²) in [5.74, 6) is 1.19. The van der Waals surface area contributed by atoms with Crippen LogP contribution in [0.3, 0.4) is 0 Å². The minimum atomic E-state index is -0.553. The van der Waals surface area contributed by atoms with Gasteiger partial charge in [0.2, 0.25) is 0 Å². The molecule has 1 aliphatic heterocycles. The first-order valence-corrected chi connectivity index (χ1v) is 15.0. The van der Waals surface area contributed by atoms with Gasteiger partial charge in [-0.1, -0.05) is 44.0 Å². The van der Waals surface area contributed by atoms with Gasteiger partial charge in [0.25, 0.3) is 0 Å². The first kappa shape index (κ1) is 33.9. The van der Waals surface area contributed by atoms with Crippen molar-refractivity contribution in [2.75, 3.05) is 33.4 Å². The maximum atomic E-state index is 12.6. The van der Waals surface area contributed by atoms with Crippen molar-refractivity contribution in [2.24, 2.45) is 5.16 Å². The van der Waals surface area contributed by atoms with Crippen molar-refractivity contribution in [1.29, 1.82) is 0 Å². The summed E-state index contributed by atoms with van der Waals surface area (Å²) in [7, 11) is 3.24. The van der Waals surface area contributed by atoms with Gasteiger partial charge in [0.05, 0.1) is 6.21 Å². The van der Waals surface area contributed by atoms with Crippen LogP contribution in [-0.4, -0.2) is 70.8 Å². The predicted molar refractivity (Wildman–Crippen MR) is 159 cm³/mol. The topological polar surface area (TPSA) is 92.7 Å². The van der Waals surface area contributed by atoms with E-state index in [9.17, 15) is 9.59 Å². The van der Waals surface area contributed by atoms with Crippen LogP contribution in [0.5, 0.6) is 11.5 Å². The number of nitrogens with zero attached hydrogens (tertiary/aromatic N) is 3. The first-order valence-electron chi connectivity index (χ1n) is 13.1. The Morgan fingerprint density at radius 2 is 1.84 bits per heavy atom. The minimum absolute atomic E-state index is 0.103. The van der Waals surface area contributed by atoms with E-state index in [2.05, 4.69) is 33.5 Å². The molecule has 0 saturated carbocycles. The van der Waals surface area contributed by atoms with Gasteiger partial charge < -0.3 is 14.8 Å². The van der Waals surface area contributed by atoms with Crippen LogP contribution < -0.4 is 14.8 Å². The molecule has 1 aromatic rings. The predicted octanol–water partition coefficient (Wildman–Crippen LogP) is 6.77. The van der Waals surface area contributed by atoms with E-state index in [4.69, 9.17) is 9.47 Å². The maximum Gasteiger partial charge on any atom is 0.433 e. The molecule has 1 aliphatic rings. The number of ether oxygens (including phenoxy) is 2. The summed E-state index contributed by atoms with van der Waals surface area (Å²) < 4.78 is 15.3. The van der Waals surface area contributed by atoms with Crippen molar-refractivity contribution in [1.82, 2.24) is 13.9 Å². The summed E-state index contributed by atoms with van der Waals surface area (Å²) in [5.41, 5.74) is 0.825. The van der Waals surface area contributed by atoms with Gasteiger partial charge in [-0.2, -0.15) is 11.8 Å². The van der Waals surface area contributed by atoms with E-state index in [1.807, 2.05) is 46.1 Å². The molecule has 216 valence electrons. The Kier molecular flexibility index (Phi) is 15.0. The van der Waals surface area contributed by atoms with Crippen molar-refractivity contribution < 1.29 is 23.9 Å². The first-order chi connectivity index (χ1) is 17.9. The summed E-state index contributed by atoms with van der Waals surface area (Å²) in [5, 5.41) is 5.81. The van der Waals surface area contributed by atoms with E-state index in [-0.39, 0.29) is 16.4 Å². The smallest absolute Gasteiger partial charge is 0.433 e. The number of rotatable bonds is 12. The Balaban J connectivity index is 0.000000508. The lowest BCUT2D eigenvalue weighted by Gasteiger charge is -2.25. The quantitative estimate of drug-likeness (QED) is 0.127. The van der Waals surface area contributed by atoms with Gasteiger partial charge in [0, 0.05) is 56.1 Å². The van der Waals surface area contributed by atoms with Gasteiger partial charge in [-0.3, -0.25) is 4.84 Å². The van der Waals surface area contributed by atoms with Crippen LogP contribution >= 0.6 is 23.9 Å². The number of unbranched alkanes of at least 4 members (excludes halogenated alkanes) is 2. The highest BCUT2D eigenvalue weighted by Gasteiger charge is 2.33. The molecule has 0 spiro atoms. The Bertz CT molecular complexity index is 903. The van der Waals surface area contributed by atoms with Gasteiger partial charge >= 0.3 is 12.2 Å². The fourth-order valence-corrected chi connectivity index (χ4v) is 4.21. The van der Waals surface area contributed by atoms with Crippen molar-refractivity contribution in [3.63, 3.8) is 0 Å². The van der Waals surface area contributed by atoms with Crippen LogP contribution in [0.15, 0.2) is 23.4 Å². The Morgan fingerprint density at radius 3 is 2.39 bits per heavy atom. The molecule has 2 amide bonds. The molecular weight excluding hydrogens is 524 g/mol. The molecule has 38 heavy (non-hydrogen) atoms. The second kappa shape index (κ2) is 16.8. The number of carbonyl (C=O) groups excluding carboxylic acids is 2. The molecule has 0 aliphatic carbocycles. The molecule has 1 heterocycles. The van der Waals surface area contributed by atoms with Crippen molar-refractivity contribution >= 4 is 42.3 Å². The number of para-hydroxylation sites is 1. The zero-order chi connectivity index (χ0) is 28.8. The van der Waals surface area contributed by atoms with E-state index >= 15 is 0 Å². The van der Waals surface area contributed by atoms with Gasteiger partial charge in [-0.25, -0.2) is 18.2 Å². The van der Waals surface area contributed by atoms with Gasteiger partial charge in [0.15, 0.2) is 11.5 Å². The maximum absolute atomic E-state index is 12.6. The number of nitrogens with one attached hydrogen (secondary N) is 1. The highest BCUT2D eigenvalue weighted by atomic mass is 32.2. The normalized spacial score (nSPS) is 13.8. The third kappa shape index (κ3) is 12.6. The average Bonchev–Trinajstić information content (AvgIpc) is 3.20. The summed E-state index contributed by atoms with van der Waals surface area (Å²) in [6.07, 6.45) is 7.96. The van der Waals surface area contributed by atoms with Crippen LogP contribution in [0.25, 0.3) is 0 Å². The van der Waals surface area contributed by atoms with E-state index in [1.54, 1.807) is 35.4 Å². The molecule has 0 saturated heterocycles. The molecule has 0 radical (unpaired) electrons. The molecule has 0 bridgehead atoms. The highest BCUT2D eigenvalue weighted by Crippen LogP contribution is 2.42. The Labute approximate surface area is 237 Å². The molecular formula is C27H46N4O5S2. The number of thioether (sulfide) groups is 1. The molecule has 1 aromatic carbocycles. The largest absolute Gasteiger partial charge is 0.483 e. The van der Waals surface area contributed by atoms with Crippen LogP contribution in [0.4, 0.5) is 9.59 Å². The molecule has 0 aromatic heterocycles. The van der Waals surface area contributed by atoms with E-state index < -0.39 is 6.09 Å². The van der Waals surface area contributed by atoms with E-state index in [0.29, 0.717) is 11.5 Å². The highest BCUT2D eigenvalue weighted by molar-refractivity contribution is 8.00. The van der Waals surface area contributed by atoms with Gasteiger partial charge in [0.1, 0.15) is 5.60 Å². The number of oxime groups is 1. The number of hydrogen-bond acceptors (Lipinski definition) is 9. The number of fused-ring (bicyclic) bond motifs is 1. The fourth-order valence-electron chi connectivity index (χ4n) is 3.19. The lowest BCUT2D eigenvalue weighted by molar-refractivity contribution is 0.131. The monoisotopic (exact) mass is 570 g/mol. The van der Waals surface area contributed by atoms with E-state index in [0.717, 1.165) is 50.8 Å². The number of amides is 2. The van der Waals surface area contributed by atoms with E-state index in [1.165, 1.54) is 19.2 Å². The summed E-state index contributed by atoms with van der Waals surface area (Å²) >= 11 is 3.06. The van der Waals surface area contributed by atoms with Crippen molar-refractivity contribution in [3.05, 3.63) is 23.8 Å². The van der Waals surface area contributed by atoms with Gasteiger partial charge in [-0.15, -0.1) is 0 Å². The Morgan fingerprint density at radius 1 is 1.21 bits per heavy atom. The molecule has 1 N–H and O–H groups in total. The minimum Gasteiger partial charge on any atom is -0.483 e. The zero-order valence-electron chi connectivity index (χ0n) is 24.5. The second-order valence-electron chi connectivity index (χ2n) is 10.0. The SMILES string of the molecule is CCCCN(CCCC)SN(C)C(=O)Oc1cccc2c1OC(C)(C)C2.CNC(=O)O/N=C/C(C)(C)SC. The van der Waals surface area contributed by atoms with Crippen LogP contribution in [0, 0.1) is 0 Å². The summed E-state index contributed by atoms with van der Waals surface area (Å²) in [6.45, 7) is 14.3. The van der Waals surface area contributed by atoms with Gasteiger partial charge in [-0.05, 0) is 52.9 Å². The molecule has 11 heteroatoms. The molecule has 0 unspecified atom stereocenters.